The molecule has 0 spiro atoms. The molecule has 0 radical (unpaired) electrons. The lowest BCUT2D eigenvalue weighted by molar-refractivity contribution is 0.0999. The van der Waals surface area contributed by atoms with Gasteiger partial charge in [-0.25, -0.2) is 0 Å². The summed E-state index contributed by atoms with van der Waals surface area (Å²) in [5.41, 5.74) is 11.0. The second-order valence-corrected chi connectivity index (χ2v) is 5.88. The Hall–Kier alpha value is -2.16. The second-order valence-electron chi connectivity index (χ2n) is 5.88. The van der Waals surface area contributed by atoms with Gasteiger partial charge in [-0.2, -0.15) is 0 Å². The molecule has 1 saturated carbocycles. The van der Waals surface area contributed by atoms with Crippen molar-refractivity contribution in [3.63, 3.8) is 0 Å². The van der Waals surface area contributed by atoms with E-state index < -0.39 is 5.91 Å². The zero-order valence-corrected chi connectivity index (χ0v) is 12.8. The summed E-state index contributed by atoms with van der Waals surface area (Å²) in [6.07, 6.45) is 10.9. The second kappa shape index (κ2) is 7.74. The Balaban J connectivity index is 2.13. The van der Waals surface area contributed by atoms with Gasteiger partial charge in [0, 0.05) is 5.92 Å². The van der Waals surface area contributed by atoms with E-state index in [-0.39, 0.29) is 17.1 Å². The van der Waals surface area contributed by atoms with E-state index in [1.165, 1.54) is 44.9 Å². The highest BCUT2D eigenvalue weighted by Gasteiger charge is 2.19. The van der Waals surface area contributed by atoms with E-state index in [1.54, 1.807) is 0 Å². The number of nitrogens with two attached hydrogens (primary N) is 2. The molecule has 5 N–H and O–H groups in total. The highest BCUT2D eigenvalue weighted by molar-refractivity contribution is 5.99. The van der Waals surface area contributed by atoms with E-state index in [4.69, 9.17) is 11.5 Å². The first-order valence-corrected chi connectivity index (χ1v) is 7.98. The molecule has 1 aliphatic carbocycles. The van der Waals surface area contributed by atoms with Crippen LogP contribution < -0.4 is 11.5 Å². The molecule has 22 heavy (non-hydrogen) atoms. The number of hydrogen-bond donors (Lipinski definition) is 3. The highest BCUT2D eigenvalue weighted by atomic mass is 16.5. The van der Waals surface area contributed by atoms with Crippen molar-refractivity contribution in [2.75, 3.05) is 5.73 Å². The van der Waals surface area contributed by atoms with Crippen molar-refractivity contribution < 1.29 is 10.0 Å². The van der Waals surface area contributed by atoms with Gasteiger partial charge in [-0.1, -0.05) is 55.7 Å². The van der Waals surface area contributed by atoms with Gasteiger partial charge in [-0.3, -0.25) is 4.79 Å². The Labute approximate surface area is 130 Å². The third-order valence-electron chi connectivity index (χ3n) is 4.15. The van der Waals surface area contributed by atoms with Crippen LogP contribution in [0.25, 0.3) is 0 Å². The minimum Gasteiger partial charge on any atom is -0.410 e. The first kappa shape index (κ1) is 16.2. The predicted molar refractivity (Wildman–Crippen MR) is 84.3 cm³/mol. The van der Waals surface area contributed by atoms with E-state index in [1.807, 2.05) is 0 Å². The number of aromatic nitrogens is 2. The molecule has 1 aliphatic rings. The number of anilines is 1. The number of hydrogen-bond acceptors (Lipinski definition) is 4. The summed E-state index contributed by atoms with van der Waals surface area (Å²) in [5, 5.41) is 13.2. The van der Waals surface area contributed by atoms with E-state index in [2.05, 4.69) is 16.9 Å². The molecule has 120 valence electrons. The quantitative estimate of drug-likeness (QED) is 0.546. The Morgan fingerprint density at radius 2 is 1.68 bits per heavy atom. The van der Waals surface area contributed by atoms with Gasteiger partial charge in [-0.15, -0.1) is 5.10 Å². The van der Waals surface area contributed by atoms with Crippen LogP contribution >= 0.6 is 0 Å². The zero-order valence-electron chi connectivity index (χ0n) is 12.8. The van der Waals surface area contributed by atoms with Crippen LogP contribution in [0.15, 0.2) is 0 Å². The molecule has 1 heterocycles. The molecule has 0 bridgehead atoms. The number of nitrogens with zero attached hydrogens (tertiary/aromatic N) is 2. The van der Waals surface area contributed by atoms with Gasteiger partial charge >= 0.3 is 0 Å². The molecule has 6 nitrogen and oxygen atoms in total. The maximum atomic E-state index is 11.4. The summed E-state index contributed by atoms with van der Waals surface area (Å²) in [6.45, 7) is 0. The van der Waals surface area contributed by atoms with Crippen LogP contribution in [0.3, 0.4) is 0 Å². The van der Waals surface area contributed by atoms with Gasteiger partial charge in [0.25, 0.3) is 5.91 Å². The Morgan fingerprint density at radius 3 is 2.23 bits per heavy atom. The average molecular weight is 304 g/mol. The summed E-state index contributed by atoms with van der Waals surface area (Å²) in [6, 6.07) is 0. The Bertz CT molecular complexity index is 573. The van der Waals surface area contributed by atoms with Crippen LogP contribution in [0, 0.1) is 17.8 Å². The monoisotopic (exact) mass is 304 g/mol. The van der Waals surface area contributed by atoms with E-state index >= 15 is 0 Å². The van der Waals surface area contributed by atoms with Crippen molar-refractivity contribution in [1.29, 1.82) is 0 Å². The van der Waals surface area contributed by atoms with Crippen molar-refractivity contribution in [2.24, 2.45) is 11.7 Å². The molecular formula is C16H24N4O2. The molecule has 0 atom stereocenters. The van der Waals surface area contributed by atoms with Crippen LogP contribution in [-0.2, 0) is 0 Å². The fourth-order valence-electron chi connectivity index (χ4n) is 2.87. The molecule has 0 aliphatic heterocycles. The van der Waals surface area contributed by atoms with Gasteiger partial charge in [0.05, 0.1) is 0 Å². The van der Waals surface area contributed by atoms with Crippen LogP contribution in [0.4, 0.5) is 5.82 Å². The lowest BCUT2D eigenvalue weighted by Crippen LogP contribution is -2.14. The van der Waals surface area contributed by atoms with Crippen molar-refractivity contribution in [3.8, 4) is 11.8 Å². The smallest absolute Gasteiger partial charge is 0.255 e. The van der Waals surface area contributed by atoms with Gasteiger partial charge < -0.3 is 16.7 Å². The summed E-state index contributed by atoms with van der Waals surface area (Å²) >= 11 is 0. The number of carbonyl (C=O) groups excluding carboxylic acids is 1. The fraction of sp³-hybridized carbons (Fsp3) is 0.625. The normalized spacial score (nSPS) is 17.5. The minimum absolute atomic E-state index is 0.00475. The molecular weight excluding hydrogens is 280 g/mol. The molecule has 0 unspecified atom stereocenters. The molecule has 1 aromatic rings. The van der Waals surface area contributed by atoms with Crippen LogP contribution in [0.2, 0.25) is 0 Å². The van der Waals surface area contributed by atoms with Crippen LogP contribution in [-0.4, -0.2) is 21.1 Å². The van der Waals surface area contributed by atoms with Gasteiger partial charge in [0.15, 0.2) is 11.5 Å². The summed E-state index contributed by atoms with van der Waals surface area (Å²) in [4.78, 5) is 11.9. The zero-order chi connectivity index (χ0) is 15.9. The van der Waals surface area contributed by atoms with Crippen LogP contribution in [0.1, 0.15) is 73.8 Å². The lowest BCUT2D eigenvalue weighted by Gasteiger charge is -2.12. The van der Waals surface area contributed by atoms with Crippen molar-refractivity contribution in [3.05, 3.63) is 11.3 Å². The maximum absolute atomic E-state index is 11.4. The number of rotatable bonds is 1. The largest absolute Gasteiger partial charge is 0.410 e. The van der Waals surface area contributed by atoms with Gasteiger partial charge in [0.2, 0.25) is 0 Å². The summed E-state index contributed by atoms with van der Waals surface area (Å²) in [5.74, 6) is 5.48. The third kappa shape index (κ3) is 4.17. The third-order valence-corrected chi connectivity index (χ3v) is 4.15. The molecule has 6 heteroatoms. The van der Waals surface area contributed by atoms with Crippen molar-refractivity contribution in [1.82, 2.24) is 9.94 Å². The summed E-state index contributed by atoms with van der Waals surface area (Å²) in [7, 11) is 0. The Kier molecular flexibility index (Phi) is 5.70. The number of primary amides is 1. The van der Waals surface area contributed by atoms with E-state index in [0.717, 1.165) is 12.8 Å². The first-order chi connectivity index (χ1) is 10.6. The SMILES string of the molecule is NC(=O)c1c(C#CC2CCCCCCCCC2)nn(O)c1N. The minimum atomic E-state index is -0.729. The predicted octanol–water partition coefficient (Wildman–Crippen LogP) is 2.29. The highest BCUT2D eigenvalue weighted by Crippen LogP contribution is 2.21. The lowest BCUT2D eigenvalue weighted by atomic mass is 9.92. The topological polar surface area (TPSA) is 107 Å². The molecule has 0 aromatic carbocycles. The van der Waals surface area contributed by atoms with Gasteiger partial charge in [-0.05, 0) is 18.8 Å². The van der Waals surface area contributed by atoms with Crippen molar-refractivity contribution in [2.45, 2.75) is 57.8 Å². The number of nitrogen functional groups attached to an aromatic ring is 1. The molecule has 2 rings (SSSR count). The molecule has 1 fully saturated rings. The van der Waals surface area contributed by atoms with Gasteiger partial charge in [0.1, 0.15) is 5.56 Å². The molecule has 1 aromatic heterocycles. The average Bonchev–Trinajstić information content (AvgIpc) is 2.78. The number of amides is 1. The first-order valence-electron chi connectivity index (χ1n) is 7.98. The Morgan fingerprint density at radius 1 is 1.14 bits per heavy atom. The van der Waals surface area contributed by atoms with E-state index in [9.17, 15) is 10.0 Å². The van der Waals surface area contributed by atoms with E-state index in [0.29, 0.717) is 10.8 Å². The van der Waals surface area contributed by atoms with Crippen molar-refractivity contribution >= 4 is 11.7 Å². The van der Waals surface area contributed by atoms with Crippen LogP contribution in [0.5, 0.6) is 0 Å². The number of carbonyl (C=O) groups is 1. The molecule has 0 saturated heterocycles. The summed E-state index contributed by atoms with van der Waals surface area (Å²) < 4.78 is 0. The fourth-order valence-corrected chi connectivity index (χ4v) is 2.87. The maximum Gasteiger partial charge on any atom is 0.255 e. The standard InChI is InChI=1S/C16H24N4O2/c17-15-14(16(18)21)13(19-20(15)22)11-10-12-8-6-4-2-1-3-5-7-9-12/h12,22H,1-9,17H2,(H2,18,21). The molecule has 1 amide bonds.